The van der Waals surface area contributed by atoms with Gasteiger partial charge in [-0.05, 0) is 37.3 Å². The molecule has 0 spiro atoms. The summed E-state index contributed by atoms with van der Waals surface area (Å²) in [5, 5.41) is 0.546. The van der Waals surface area contributed by atoms with Crippen molar-refractivity contribution in [3.63, 3.8) is 0 Å². The summed E-state index contributed by atoms with van der Waals surface area (Å²) in [4.78, 5) is 20.2. The Kier molecular flexibility index (Phi) is 4.18. The first kappa shape index (κ1) is 15.1. The Morgan fingerprint density at radius 3 is 2.82 bits per heavy atom. The predicted molar refractivity (Wildman–Crippen MR) is 88.0 cm³/mol. The van der Waals surface area contributed by atoms with Crippen molar-refractivity contribution in [2.75, 3.05) is 0 Å². The Labute approximate surface area is 135 Å². The molecule has 0 unspecified atom stereocenters. The van der Waals surface area contributed by atoms with E-state index in [9.17, 15) is 9.18 Å². The standard InChI is InChI=1S/C16H12ClFN2OS/c1-9(22-10-6-7-13(18)12(17)8-10)15-19-14-5-3-2-4-11(14)16(21)20-15/h2-9H,1H3,(H,19,20,21)/t9-/m0/s1. The van der Waals surface area contributed by atoms with Crippen LogP contribution in [-0.4, -0.2) is 9.97 Å². The third-order valence-corrected chi connectivity index (χ3v) is 4.61. The van der Waals surface area contributed by atoms with Crippen molar-refractivity contribution >= 4 is 34.3 Å². The molecule has 0 aliphatic carbocycles. The van der Waals surface area contributed by atoms with Crippen LogP contribution in [0.4, 0.5) is 4.39 Å². The Bertz CT molecular complexity index is 897. The van der Waals surface area contributed by atoms with Crippen LogP contribution in [0.5, 0.6) is 0 Å². The molecular weight excluding hydrogens is 323 g/mol. The molecule has 1 aromatic heterocycles. The molecule has 1 heterocycles. The second-order valence-electron chi connectivity index (χ2n) is 4.80. The third-order valence-electron chi connectivity index (χ3n) is 3.22. The van der Waals surface area contributed by atoms with E-state index >= 15 is 0 Å². The second-order valence-corrected chi connectivity index (χ2v) is 6.63. The topological polar surface area (TPSA) is 45.8 Å². The molecule has 0 radical (unpaired) electrons. The zero-order valence-corrected chi connectivity index (χ0v) is 13.2. The molecule has 2 aromatic carbocycles. The molecule has 6 heteroatoms. The van der Waals surface area contributed by atoms with E-state index in [1.54, 1.807) is 30.3 Å². The number of thioether (sulfide) groups is 1. The Morgan fingerprint density at radius 2 is 2.05 bits per heavy atom. The number of para-hydroxylation sites is 1. The lowest BCUT2D eigenvalue weighted by atomic mass is 10.2. The number of fused-ring (bicyclic) bond motifs is 1. The molecule has 0 aliphatic rings. The average Bonchev–Trinajstić information content (AvgIpc) is 2.51. The zero-order valence-electron chi connectivity index (χ0n) is 11.6. The monoisotopic (exact) mass is 334 g/mol. The van der Waals surface area contributed by atoms with Crippen LogP contribution >= 0.6 is 23.4 Å². The van der Waals surface area contributed by atoms with E-state index in [-0.39, 0.29) is 15.8 Å². The van der Waals surface area contributed by atoms with Crippen LogP contribution in [-0.2, 0) is 0 Å². The molecule has 1 N–H and O–H groups in total. The number of benzene rings is 2. The molecule has 112 valence electrons. The SMILES string of the molecule is C[C@H](Sc1ccc(F)c(Cl)c1)c1nc2ccccc2c(=O)[nH]1. The first-order valence-corrected chi connectivity index (χ1v) is 7.91. The fourth-order valence-corrected chi connectivity index (χ4v) is 3.32. The number of aromatic nitrogens is 2. The normalized spacial score (nSPS) is 12.5. The van der Waals surface area contributed by atoms with Gasteiger partial charge in [0.15, 0.2) is 0 Å². The van der Waals surface area contributed by atoms with Crippen molar-refractivity contribution in [1.82, 2.24) is 9.97 Å². The van der Waals surface area contributed by atoms with E-state index in [4.69, 9.17) is 11.6 Å². The van der Waals surface area contributed by atoms with Gasteiger partial charge in [-0.25, -0.2) is 9.37 Å². The molecule has 3 aromatic rings. The molecule has 0 saturated heterocycles. The summed E-state index contributed by atoms with van der Waals surface area (Å²) in [6.45, 7) is 1.93. The van der Waals surface area contributed by atoms with Crippen molar-refractivity contribution in [3.8, 4) is 0 Å². The molecule has 3 nitrogen and oxygen atoms in total. The summed E-state index contributed by atoms with van der Waals surface area (Å²) in [6.07, 6.45) is 0. The van der Waals surface area contributed by atoms with E-state index in [2.05, 4.69) is 9.97 Å². The molecule has 0 saturated carbocycles. The minimum absolute atomic E-state index is 0.0807. The highest BCUT2D eigenvalue weighted by molar-refractivity contribution is 7.99. The molecule has 22 heavy (non-hydrogen) atoms. The Morgan fingerprint density at radius 1 is 1.27 bits per heavy atom. The summed E-state index contributed by atoms with van der Waals surface area (Å²) < 4.78 is 13.2. The van der Waals surface area contributed by atoms with Gasteiger partial charge in [-0.2, -0.15) is 0 Å². The van der Waals surface area contributed by atoms with Gasteiger partial charge in [0.1, 0.15) is 11.6 Å². The minimum Gasteiger partial charge on any atom is -0.309 e. The van der Waals surface area contributed by atoms with Crippen LogP contribution in [0.1, 0.15) is 18.0 Å². The fraction of sp³-hybridized carbons (Fsp3) is 0.125. The van der Waals surface area contributed by atoms with Crippen molar-refractivity contribution < 1.29 is 4.39 Å². The molecule has 0 fully saturated rings. The van der Waals surface area contributed by atoms with Crippen molar-refractivity contribution in [2.24, 2.45) is 0 Å². The van der Waals surface area contributed by atoms with Crippen molar-refractivity contribution in [2.45, 2.75) is 17.1 Å². The van der Waals surface area contributed by atoms with Gasteiger partial charge in [0, 0.05) is 4.90 Å². The van der Waals surface area contributed by atoms with Gasteiger partial charge in [-0.1, -0.05) is 23.7 Å². The lowest BCUT2D eigenvalue weighted by Crippen LogP contribution is -2.12. The molecule has 1 atom stereocenters. The van der Waals surface area contributed by atoms with Crippen molar-refractivity contribution in [1.29, 1.82) is 0 Å². The smallest absolute Gasteiger partial charge is 0.258 e. The summed E-state index contributed by atoms with van der Waals surface area (Å²) in [7, 11) is 0. The van der Waals surface area contributed by atoms with Crippen LogP contribution in [0.25, 0.3) is 10.9 Å². The summed E-state index contributed by atoms with van der Waals surface area (Å²) in [5.74, 6) is 0.130. The van der Waals surface area contributed by atoms with E-state index < -0.39 is 5.82 Å². The van der Waals surface area contributed by atoms with Crippen LogP contribution < -0.4 is 5.56 Å². The largest absolute Gasteiger partial charge is 0.309 e. The van der Waals surface area contributed by atoms with E-state index in [0.29, 0.717) is 16.7 Å². The second kappa shape index (κ2) is 6.10. The van der Waals surface area contributed by atoms with Gasteiger partial charge in [0.2, 0.25) is 0 Å². The van der Waals surface area contributed by atoms with Crippen LogP contribution in [0.2, 0.25) is 5.02 Å². The lowest BCUT2D eigenvalue weighted by molar-refractivity contribution is 0.627. The van der Waals surface area contributed by atoms with Crippen molar-refractivity contribution in [3.05, 3.63) is 69.5 Å². The molecular formula is C16H12ClFN2OS. The quantitative estimate of drug-likeness (QED) is 0.714. The average molecular weight is 335 g/mol. The highest BCUT2D eigenvalue weighted by Crippen LogP contribution is 2.34. The minimum atomic E-state index is -0.448. The number of hydrogen-bond acceptors (Lipinski definition) is 3. The molecule has 3 rings (SSSR count). The number of rotatable bonds is 3. The summed E-state index contributed by atoms with van der Waals surface area (Å²) >= 11 is 7.24. The Hall–Kier alpha value is -1.85. The number of nitrogens with one attached hydrogen (secondary N) is 1. The highest BCUT2D eigenvalue weighted by atomic mass is 35.5. The predicted octanol–water partition coefficient (Wildman–Crippen LogP) is 4.57. The first-order valence-electron chi connectivity index (χ1n) is 6.65. The fourth-order valence-electron chi connectivity index (χ4n) is 2.11. The van der Waals surface area contributed by atoms with Gasteiger partial charge in [0.05, 0.1) is 21.2 Å². The van der Waals surface area contributed by atoms with E-state index in [1.807, 2.05) is 13.0 Å². The molecule has 0 bridgehead atoms. The number of hydrogen-bond donors (Lipinski definition) is 1. The Balaban J connectivity index is 1.93. The van der Waals surface area contributed by atoms with E-state index in [0.717, 1.165) is 4.90 Å². The zero-order chi connectivity index (χ0) is 15.7. The summed E-state index contributed by atoms with van der Waals surface area (Å²) in [5.41, 5.74) is 0.496. The third kappa shape index (κ3) is 3.00. The lowest BCUT2D eigenvalue weighted by Gasteiger charge is -2.11. The maximum absolute atomic E-state index is 13.2. The first-order chi connectivity index (χ1) is 10.5. The summed E-state index contributed by atoms with van der Waals surface area (Å²) in [6, 6.07) is 11.7. The van der Waals surface area contributed by atoms with Crippen LogP contribution in [0.3, 0.4) is 0 Å². The van der Waals surface area contributed by atoms with E-state index in [1.165, 1.54) is 17.8 Å². The molecule has 0 aliphatic heterocycles. The van der Waals surface area contributed by atoms with Gasteiger partial charge in [-0.3, -0.25) is 4.79 Å². The molecule has 0 amide bonds. The number of aromatic amines is 1. The van der Waals surface area contributed by atoms with Gasteiger partial charge >= 0.3 is 0 Å². The van der Waals surface area contributed by atoms with Crippen LogP contribution in [0.15, 0.2) is 52.2 Å². The maximum atomic E-state index is 13.2. The van der Waals surface area contributed by atoms with Gasteiger partial charge < -0.3 is 4.98 Å². The number of H-pyrrole nitrogens is 1. The highest BCUT2D eigenvalue weighted by Gasteiger charge is 2.13. The number of nitrogens with zero attached hydrogens (tertiary/aromatic N) is 1. The maximum Gasteiger partial charge on any atom is 0.258 e. The van der Waals surface area contributed by atoms with Crippen LogP contribution in [0, 0.1) is 5.82 Å². The van der Waals surface area contributed by atoms with Gasteiger partial charge in [0.25, 0.3) is 5.56 Å². The van der Waals surface area contributed by atoms with Gasteiger partial charge in [-0.15, -0.1) is 11.8 Å². The number of halogens is 2.